The van der Waals surface area contributed by atoms with Crippen LogP contribution in [0.25, 0.3) is 0 Å². The Balaban J connectivity index is 1.40. The van der Waals surface area contributed by atoms with Crippen molar-refractivity contribution in [2.75, 3.05) is 41.1 Å². The van der Waals surface area contributed by atoms with Gasteiger partial charge in [-0.25, -0.2) is 0 Å². The van der Waals surface area contributed by atoms with Crippen LogP contribution in [-0.4, -0.2) is 59.1 Å². The molecule has 0 spiro atoms. The van der Waals surface area contributed by atoms with Gasteiger partial charge in [0, 0.05) is 6.42 Å². The normalized spacial score (nSPS) is 14.3. The monoisotopic (exact) mass is 445 g/mol. The van der Waals surface area contributed by atoms with Gasteiger partial charge in [-0.1, -0.05) is 12.1 Å². The van der Waals surface area contributed by atoms with Gasteiger partial charge in [-0.3, -0.25) is 9.59 Å². The number of carbonyl (C=O) groups is 2. The summed E-state index contributed by atoms with van der Waals surface area (Å²) in [6, 6.07) is 10.9. The lowest BCUT2D eigenvalue weighted by Gasteiger charge is -2.26. The Morgan fingerprint density at radius 2 is 1.72 bits per heavy atom. The van der Waals surface area contributed by atoms with Crippen LogP contribution >= 0.6 is 0 Å². The van der Waals surface area contributed by atoms with E-state index in [0.29, 0.717) is 41.8 Å². The summed E-state index contributed by atoms with van der Waals surface area (Å²) in [6.45, 7) is 0.209. The molecule has 0 saturated heterocycles. The highest BCUT2D eigenvalue weighted by Gasteiger charge is 2.21. The van der Waals surface area contributed by atoms with Crippen LogP contribution in [0.15, 0.2) is 36.4 Å². The number of amides is 1. The Labute approximate surface area is 186 Å². The van der Waals surface area contributed by atoms with E-state index < -0.39 is 11.9 Å². The van der Waals surface area contributed by atoms with Crippen LogP contribution in [0.4, 0.5) is 0 Å². The lowest BCUT2D eigenvalue weighted by atomic mass is 10.1. The van der Waals surface area contributed by atoms with Crippen LogP contribution in [-0.2, 0) is 20.7 Å². The Hall–Kier alpha value is -3.62. The third-order valence-corrected chi connectivity index (χ3v) is 4.80. The molecule has 9 nitrogen and oxygen atoms in total. The maximum atomic E-state index is 12.1. The molecule has 1 unspecified atom stereocenters. The lowest BCUT2D eigenvalue weighted by Crippen LogP contribution is -2.42. The molecule has 0 saturated carbocycles. The molecule has 1 N–H and O–H groups in total. The van der Waals surface area contributed by atoms with Gasteiger partial charge in [0.2, 0.25) is 5.75 Å². The van der Waals surface area contributed by atoms with Gasteiger partial charge in [0.1, 0.15) is 12.7 Å². The molecule has 1 heterocycles. The van der Waals surface area contributed by atoms with Crippen molar-refractivity contribution in [2.45, 2.75) is 18.9 Å². The zero-order valence-corrected chi connectivity index (χ0v) is 18.3. The molecule has 1 aliphatic rings. The molecule has 2 aromatic carbocycles. The van der Waals surface area contributed by atoms with Crippen molar-refractivity contribution in [2.24, 2.45) is 0 Å². The molecule has 0 radical (unpaired) electrons. The van der Waals surface area contributed by atoms with E-state index >= 15 is 0 Å². The zero-order valence-electron chi connectivity index (χ0n) is 18.3. The van der Waals surface area contributed by atoms with Gasteiger partial charge in [-0.05, 0) is 36.2 Å². The molecule has 0 aliphatic carbocycles. The van der Waals surface area contributed by atoms with Gasteiger partial charge in [0.25, 0.3) is 5.91 Å². The van der Waals surface area contributed by atoms with Crippen molar-refractivity contribution in [1.29, 1.82) is 0 Å². The summed E-state index contributed by atoms with van der Waals surface area (Å²) < 4.78 is 32.3. The third-order valence-electron chi connectivity index (χ3n) is 4.80. The van der Waals surface area contributed by atoms with Crippen molar-refractivity contribution in [3.8, 4) is 28.7 Å². The fourth-order valence-corrected chi connectivity index (χ4v) is 3.19. The third kappa shape index (κ3) is 5.96. The number of aryl methyl sites for hydroxylation is 1. The highest BCUT2D eigenvalue weighted by Crippen LogP contribution is 2.38. The standard InChI is InChI=1S/C23H27NO8/c1-27-19-10-15(11-20(28-2)23(19)29-3)8-9-22(26)31-14-21(25)24-12-16-13-30-17-6-4-5-7-18(17)32-16/h4-7,10-11,16H,8-9,12-14H2,1-3H3,(H,24,25). The Kier molecular flexibility index (Phi) is 8.02. The summed E-state index contributed by atoms with van der Waals surface area (Å²) in [5.41, 5.74) is 0.815. The Morgan fingerprint density at radius 3 is 2.38 bits per heavy atom. The first-order valence-electron chi connectivity index (χ1n) is 10.1. The van der Waals surface area contributed by atoms with Gasteiger partial charge >= 0.3 is 5.97 Å². The smallest absolute Gasteiger partial charge is 0.306 e. The quantitative estimate of drug-likeness (QED) is 0.555. The van der Waals surface area contributed by atoms with Gasteiger partial charge in [0.15, 0.2) is 29.6 Å². The van der Waals surface area contributed by atoms with E-state index in [4.69, 9.17) is 28.4 Å². The average Bonchev–Trinajstić information content (AvgIpc) is 2.83. The highest BCUT2D eigenvalue weighted by molar-refractivity contribution is 5.80. The maximum Gasteiger partial charge on any atom is 0.306 e. The van der Waals surface area contributed by atoms with E-state index in [9.17, 15) is 9.59 Å². The number of fused-ring (bicyclic) bond motifs is 1. The average molecular weight is 445 g/mol. The molecule has 32 heavy (non-hydrogen) atoms. The number of rotatable bonds is 10. The van der Waals surface area contributed by atoms with Crippen LogP contribution in [0.3, 0.4) is 0 Å². The van der Waals surface area contributed by atoms with E-state index in [1.807, 2.05) is 18.2 Å². The van der Waals surface area contributed by atoms with Crippen LogP contribution < -0.4 is 29.0 Å². The number of esters is 1. The Morgan fingerprint density at radius 1 is 1.03 bits per heavy atom. The molecular weight excluding hydrogens is 418 g/mol. The summed E-state index contributed by atoms with van der Waals surface area (Å²) in [7, 11) is 4.57. The van der Waals surface area contributed by atoms with E-state index in [1.54, 1.807) is 18.2 Å². The fourth-order valence-electron chi connectivity index (χ4n) is 3.19. The number of benzene rings is 2. The van der Waals surface area contributed by atoms with Crippen molar-refractivity contribution in [3.63, 3.8) is 0 Å². The second-order valence-electron chi connectivity index (χ2n) is 7.00. The summed E-state index contributed by atoms with van der Waals surface area (Å²) in [6.07, 6.45) is 0.177. The second kappa shape index (κ2) is 11.1. The molecule has 1 aliphatic heterocycles. The predicted octanol–water partition coefficient (Wildman–Crippen LogP) is 2.14. The molecule has 2 aromatic rings. The number of para-hydroxylation sites is 2. The van der Waals surface area contributed by atoms with Crippen LogP contribution in [0.2, 0.25) is 0 Å². The summed E-state index contributed by atoms with van der Waals surface area (Å²) in [5.74, 6) is 1.91. The van der Waals surface area contributed by atoms with Crippen LogP contribution in [0, 0.1) is 0 Å². The van der Waals surface area contributed by atoms with Gasteiger partial charge in [-0.15, -0.1) is 0 Å². The van der Waals surface area contributed by atoms with Gasteiger partial charge < -0.3 is 33.7 Å². The summed E-state index contributed by atoms with van der Waals surface area (Å²) >= 11 is 0. The number of ether oxygens (including phenoxy) is 6. The van der Waals surface area contributed by atoms with E-state index in [-0.39, 0.29) is 25.7 Å². The molecule has 9 heteroatoms. The number of nitrogens with one attached hydrogen (secondary N) is 1. The first kappa shape index (κ1) is 23.1. The molecular formula is C23H27NO8. The number of hydrogen-bond acceptors (Lipinski definition) is 8. The fraction of sp³-hybridized carbons (Fsp3) is 0.391. The van der Waals surface area contributed by atoms with Gasteiger partial charge in [0.05, 0.1) is 27.9 Å². The molecule has 172 valence electrons. The molecule has 0 bridgehead atoms. The minimum atomic E-state index is -0.486. The lowest BCUT2D eigenvalue weighted by molar-refractivity contribution is -0.148. The maximum absolute atomic E-state index is 12.1. The minimum absolute atomic E-state index is 0.0995. The van der Waals surface area contributed by atoms with E-state index in [0.717, 1.165) is 5.56 Å². The first-order valence-corrected chi connectivity index (χ1v) is 10.1. The predicted molar refractivity (Wildman–Crippen MR) is 115 cm³/mol. The summed E-state index contributed by atoms with van der Waals surface area (Å²) in [5, 5.41) is 2.69. The van der Waals surface area contributed by atoms with E-state index in [2.05, 4.69) is 5.32 Å². The summed E-state index contributed by atoms with van der Waals surface area (Å²) in [4.78, 5) is 24.1. The second-order valence-corrected chi connectivity index (χ2v) is 7.00. The number of hydrogen-bond donors (Lipinski definition) is 1. The number of methoxy groups -OCH3 is 3. The van der Waals surface area contributed by atoms with Crippen LogP contribution in [0.5, 0.6) is 28.7 Å². The Bertz CT molecular complexity index is 920. The van der Waals surface area contributed by atoms with Crippen molar-refractivity contribution in [3.05, 3.63) is 42.0 Å². The van der Waals surface area contributed by atoms with Crippen molar-refractivity contribution < 1.29 is 38.0 Å². The molecule has 0 aromatic heterocycles. The number of carbonyl (C=O) groups excluding carboxylic acids is 2. The van der Waals surface area contributed by atoms with Gasteiger partial charge in [-0.2, -0.15) is 0 Å². The first-order chi connectivity index (χ1) is 15.5. The minimum Gasteiger partial charge on any atom is -0.493 e. The highest BCUT2D eigenvalue weighted by atomic mass is 16.6. The van der Waals surface area contributed by atoms with E-state index in [1.165, 1.54) is 21.3 Å². The van der Waals surface area contributed by atoms with Crippen molar-refractivity contribution in [1.82, 2.24) is 5.32 Å². The SMILES string of the molecule is COc1cc(CCC(=O)OCC(=O)NCC2COc3ccccc3O2)cc(OC)c1OC. The zero-order chi connectivity index (χ0) is 22.9. The molecule has 1 amide bonds. The van der Waals surface area contributed by atoms with Crippen LogP contribution in [0.1, 0.15) is 12.0 Å². The largest absolute Gasteiger partial charge is 0.493 e. The molecule has 1 atom stereocenters. The van der Waals surface area contributed by atoms with Crippen molar-refractivity contribution >= 4 is 11.9 Å². The molecule has 3 rings (SSSR count). The topological polar surface area (TPSA) is 102 Å². The molecule has 0 fully saturated rings.